The van der Waals surface area contributed by atoms with Crippen molar-refractivity contribution < 1.29 is 12.6 Å². The lowest BCUT2D eigenvalue weighted by atomic mass is 10.1. The molecule has 1 N–H and O–H groups in total. The Balaban J connectivity index is 1.91. The first-order valence-corrected chi connectivity index (χ1v) is 9.69. The van der Waals surface area contributed by atoms with E-state index in [4.69, 9.17) is 4.18 Å². The number of benzene rings is 2. The van der Waals surface area contributed by atoms with Crippen LogP contribution in [-0.2, 0) is 10.1 Å². The molecule has 0 radical (unpaired) electrons. The fraction of sp³-hybridized carbons (Fsp3) is 0.100. The van der Waals surface area contributed by atoms with Crippen molar-refractivity contribution in [2.24, 2.45) is 0 Å². The SMILES string of the molecule is Cc1ccc(S(=O)(=O)Oc2c[nH]c(=O)c3cc4cccc(C)c4nc23)cc1. The maximum Gasteiger partial charge on any atom is 0.339 e. The van der Waals surface area contributed by atoms with Gasteiger partial charge in [-0.25, -0.2) is 4.98 Å². The number of aromatic nitrogens is 2. The summed E-state index contributed by atoms with van der Waals surface area (Å²) in [7, 11) is -4.06. The molecule has 6 nitrogen and oxygen atoms in total. The molecule has 0 aliphatic rings. The molecule has 0 saturated carbocycles. The van der Waals surface area contributed by atoms with E-state index in [0.29, 0.717) is 5.52 Å². The van der Waals surface area contributed by atoms with Gasteiger partial charge in [-0.3, -0.25) is 4.79 Å². The maximum atomic E-state index is 12.6. The van der Waals surface area contributed by atoms with Crippen LogP contribution in [0.4, 0.5) is 0 Å². The number of nitrogens with zero attached hydrogens (tertiary/aromatic N) is 1. The zero-order valence-corrected chi connectivity index (χ0v) is 15.5. The summed E-state index contributed by atoms with van der Waals surface area (Å²) in [5, 5.41) is 1.07. The van der Waals surface area contributed by atoms with Gasteiger partial charge in [0.1, 0.15) is 10.4 Å². The molecule has 0 saturated heterocycles. The quantitative estimate of drug-likeness (QED) is 0.434. The van der Waals surface area contributed by atoms with E-state index in [1.807, 2.05) is 32.0 Å². The van der Waals surface area contributed by atoms with E-state index in [-0.39, 0.29) is 27.1 Å². The summed E-state index contributed by atoms with van der Waals surface area (Å²) >= 11 is 0. The minimum atomic E-state index is -4.06. The molecule has 0 spiro atoms. The van der Waals surface area contributed by atoms with Gasteiger partial charge in [0.05, 0.1) is 17.1 Å². The average Bonchev–Trinajstić information content (AvgIpc) is 2.64. The van der Waals surface area contributed by atoms with Crippen LogP contribution in [-0.4, -0.2) is 18.4 Å². The van der Waals surface area contributed by atoms with Gasteiger partial charge in [0.2, 0.25) is 0 Å². The number of aromatic amines is 1. The lowest BCUT2D eigenvalue weighted by molar-refractivity contribution is 0.487. The molecule has 4 aromatic rings. The molecule has 0 bridgehead atoms. The fourth-order valence-corrected chi connectivity index (χ4v) is 3.85. The Morgan fingerprint density at radius 3 is 2.48 bits per heavy atom. The number of para-hydroxylation sites is 1. The summed E-state index contributed by atoms with van der Waals surface area (Å²) in [5.41, 5.74) is 2.39. The van der Waals surface area contributed by atoms with E-state index >= 15 is 0 Å². The van der Waals surface area contributed by atoms with Gasteiger partial charge < -0.3 is 9.17 Å². The zero-order valence-electron chi connectivity index (χ0n) is 14.7. The highest BCUT2D eigenvalue weighted by atomic mass is 32.2. The summed E-state index contributed by atoms with van der Waals surface area (Å²) in [4.78, 5) is 19.3. The molecule has 2 heterocycles. The molecule has 2 aromatic heterocycles. The molecule has 136 valence electrons. The highest BCUT2D eigenvalue weighted by molar-refractivity contribution is 7.87. The van der Waals surface area contributed by atoms with Crippen LogP contribution in [0.5, 0.6) is 5.75 Å². The van der Waals surface area contributed by atoms with E-state index in [1.54, 1.807) is 18.2 Å². The second kappa shape index (κ2) is 6.21. The molecule has 0 amide bonds. The average molecular weight is 380 g/mol. The third-order valence-corrected chi connectivity index (χ3v) is 5.62. The summed E-state index contributed by atoms with van der Waals surface area (Å²) in [5.74, 6) is -0.0182. The first kappa shape index (κ1) is 17.2. The van der Waals surface area contributed by atoms with Crippen molar-refractivity contribution in [3.63, 3.8) is 0 Å². The summed E-state index contributed by atoms with van der Waals surface area (Å²) in [6.07, 6.45) is 1.23. The standard InChI is InChI=1S/C20H16N2O4S/c1-12-6-8-15(9-7-12)27(24,25)26-17-11-21-20(23)16-10-14-5-3-4-13(2)18(14)22-19(16)17/h3-11H,1-2H3,(H,21,23). The van der Waals surface area contributed by atoms with Crippen LogP contribution in [0.2, 0.25) is 0 Å². The van der Waals surface area contributed by atoms with Crippen molar-refractivity contribution in [1.82, 2.24) is 9.97 Å². The largest absolute Gasteiger partial charge is 0.375 e. The Kier molecular flexibility index (Phi) is 3.96. The van der Waals surface area contributed by atoms with E-state index < -0.39 is 10.1 Å². The highest BCUT2D eigenvalue weighted by Crippen LogP contribution is 2.28. The number of nitrogens with one attached hydrogen (secondary N) is 1. The van der Waals surface area contributed by atoms with Gasteiger partial charge in [-0.1, -0.05) is 35.9 Å². The number of aryl methyl sites for hydroxylation is 2. The molecular weight excluding hydrogens is 364 g/mol. The number of H-pyrrole nitrogens is 1. The first-order chi connectivity index (χ1) is 12.8. The monoisotopic (exact) mass is 380 g/mol. The van der Waals surface area contributed by atoms with Crippen LogP contribution in [0.15, 0.2) is 64.4 Å². The minimum absolute atomic E-state index is 0.0182. The van der Waals surface area contributed by atoms with Crippen LogP contribution in [0.25, 0.3) is 21.8 Å². The van der Waals surface area contributed by atoms with E-state index in [9.17, 15) is 13.2 Å². The van der Waals surface area contributed by atoms with Gasteiger partial charge >= 0.3 is 10.1 Å². The maximum absolute atomic E-state index is 12.6. The molecule has 2 aromatic carbocycles. The molecule has 0 atom stereocenters. The molecule has 7 heteroatoms. The second-order valence-electron chi connectivity index (χ2n) is 6.36. The lowest BCUT2D eigenvalue weighted by Crippen LogP contribution is -2.13. The lowest BCUT2D eigenvalue weighted by Gasteiger charge is -2.10. The van der Waals surface area contributed by atoms with Crippen molar-refractivity contribution in [1.29, 1.82) is 0 Å². The Bertz CT molecular complexity index is 1340. The summed E-state index contributed by atoms with van der Waals surface area (Å²) in [6, 6.07) is 13.7. The molecule has 0 fully saturated rings. The summed E-state index contributed by atoms with van der Waals surface area (Å²) in [6.45, 7) is 3.77. The van der Waals surface area contributed by atoms with Gasteiger partial charge in [0.15, 0.2) is 5.75 Å². The zero-order chi connectivity index (χ0) is 19.2. The van der Waals surface area contributed by atoms with E-state index in [0.717, 1.165) is 16.5 Å². The summed E-state index contributed by atoms with van der Waals surface area (Å²) < 4.78 is 30.6. The molecule has 0 unspecified atom stereocenters. The van der Waals surface area contributed by atoms with Gasteiger partial charge in [0, 0.05) is 5.39 Å². The Hall–Kier alpha value is -3.19. The van der Waals surface area contributed by atoms with Gasteiger partial charge in [-0.2, -0.15) is 8.42 Å². The van der Waals surface area contributed by atoms with Crippen LogP contribution in [0.3, 0.4) is 0 Å². The van der Waals surface area contributed by atoms with Crippen molar-refractivity contribution in [2.45, 2.75) is 18.7 Å². The molecule has 27 heavy (non-hydrogen) atoms. The van der Waals surface area contributed by atoms with Crippen molar-refractivity contribution in [2.75, 3.05) is 0 Å². The number of rotatable bonds is 3. The third kappa shape index (κ3) is 3.06. The highest BCUT2D eigenvalue weighted by Gasteiger charge is 2.20. The van der Waals surface area contributed by atoms with Gasteiger partial charge in [-0.15, -0.1) is 0 Å². The van der Waals surface area contributed by atoms with Crippen LogP contribution in [0.1, 0.15) is 11.1 Å². The molecule has 4 rings (SSSR count). The van der Waals surface area contributed by atoms with Crippen molar-refractivity contribution in [3.8, 4) is 5.75 Å². The number of pyridine rings is 2. The third-order valence-electron chi connectivity index (χ3n) is 4.37. The minimum Gasteiger partial charge on any atom is -0.375 e. The Morgan fingerprint density at radius 1 is 1.00 bits per heavy atom. The van der Waals surface area contributed by atoms with Crippen LogP contribution < -0.4 is 9.74 Å². The molecular formula is C20H16N2O4S. The van der Waals surface area contributed by atoms with Crippen LogP contribution in [0, 0.1) is 13.8 Å². The van der Waals surface area contributed by atoms with Crippen molar-refractivity contribution >= 4 is 31.9 Å². The first-order valence-electron chi connectivity index (χ1n) is 8.28. The Labute approximate surface area is 155 Å². The van der Waals surface area contributed by atoms with E-state index in [1.165, 1.54) is 18.3 Å². The number of hydrogen-bond acceptors (Lipinski definition) is 5. The fourth-order valence-electron chi connectivity index (χ4n) is 2.92. The normalized spacial score (nSPS) is 11.8. The second-order valence-corrected chi connectivity index (χ2v) is 7.91. The topological polar surface area (TPSA) is 89.1 Å². The smallest absolute Gasteiger partial charge is 0.339 e. The van der Waals surface area contributed by atoms with E-state index in [2.05, 4.69) is 9.97 Å². The number of fused-ring (bicyclic) bond motifs is 2. The molecule has 0 aliphatic heterocycles. The van der Waals surface area contributed by atoms with Gasteiger partial charge in [0.25, 0.3) is 5.56 Å². The number of hydrogen-bond donors (Lipinski definition) is 1. The van der Waals surface area contributed by atoms with Gasteiger partial charge in [-0.05, 0) is 37.6 Å². The molecule has 0 aliphatic carbocycles. The Morgan fingerprint density at radius 2 is 1.74 bits per heavy atom. The predicted octanol–water partition coefficient (Wildman–Crippen LogP) is 3.46. The van der Waals surface area contributed by atoms with Crippen molar-refractivity contribution in [3.05, 3.63) is 76.2 Å². The van der Waals surface area contributed by atoms with Crippen LogP contribution >= 0.6 is 0 Å². The predicted molar refractivity (Wildman–Crippen MR) is 104 cm³/mol.